The van der Waals surface area contributed by atoms with Gasteiger partial charge in [-0.1, -0.05) is 36.4 Å². The van der Waals surface area contributed by atoms with Gasteiger partial charge in [-0.25, -0.2) is 0 Å². The van der Waals surface area contributed by atoms with Gasteiger partial charge in [-0.3, -0.25) is 4.79 Å². The molecule has 0 fully saturated rings. The Morgan fingerprint density at radius 1 is 1.11 bits per heavy atom. The fraction of sp³-hybridized carbons (Fsp3) is 0.312. The van der Waals surface area contributed by atoms with E-state index in [-0.39, 0.29) is 6.04 Å². The summed E-state index contributed by atoms with van der Waals surface area (Å²) in [6.45, 7) is 0.667. The number of anilines is 1. The third-order valence-electron chi connectivity index (χ3n) is 3.21. The number of nitrogens with two attached hydrogens (primary N) is 1. The Bertz CT molecular complexity index is 534. The molecule has 19 heavy (non-hydrogen) atoms. The monoisotopic (exact) mass is 255 g/mol. The zero-order valence-corrected chi connectivity index (χ0v) is 10.9. The summed E-state index contributed by atoms with van der Waals surface area (Å²) in [7, 11) is 0. The van der Waals surface area contributed by atoms with Crippen molar-refractivity contribution in [3.8, 4) is 0 Å². The van der Waals surface area contributed by atoms with Crippen molar-refractivity contribution in [3.05, 3.63) is 42.5 Å². The lowest BCUT2D eigenvalue weighted by atomic mass is 10.1. The van der Waals surface area contributed by atoms with Crippen molar-refractivity contribution in [1.82, 2.24) is 0 Å². The molecular weight excluding hydrogens is 236 g/mol. The number of hydrogen-bond acceptors (Lipinski definition) is 3. The van der Waals surface area contributed by atoms with Crippen LogP contribution < -0.4 is 11.1 Å². The number of benzene rings is 2. The highest BCUT2D eigenvalue weighted by atomic mass is 16.1. The molecular formula is C16H19N2O. The molecule has 0 spiro atoms. The lowest BCUT2D eigenvalue weighted by molar-refractivity contribution is 0.536. The van der Waals surface area contributed by atoms with Crippen LogP contribution in [0, 0.1) is 0 Å². The normalized spacial score (nSPS) is 12.3. The first-order valence-electron chi connectivity index (χ1n) is 6.67. The standard InChI is InChI=1S/C16H19N2O/c17-11-4-3-8-14(12-19)18-16-10-5-7-13-6-1-2-9-15(13)16/h1-2,5-7,9-10,14,18H,3-4,8,11,17H2/t14-/m0/s1. The van der Waals surface area contributed by atoms with Crippen LogP contribution in [0.5, 0.6) is 0 Å². The highest BCUT2D eigenvalue weighted by Crippen LogP contribution is 2.23. The molecule has 0 aromatic heterocycles. The van der Waals surface area contributed by atoms with Gasteiger partial charge in [0.25, 0.3) is 0 Å². The average molecular weight is 255 g/mol. The minimum Gasteiger partial charge on any atom is -0.374 e. The number of nitrogens with one attached hydrogen (secondary N) is 1. The molecule has 0 unspecified atom stereocenters. The van der Waals surface area contributed by atoms with Crippen LogP contribution in [-0.4, -0.2) is 18.9 Å². The molecule has 3 N–H and O–H groups in total. The molecule has 0 amide bonds. The van der Waals surface area contributed by atoms with Crippen molar-refractivity contribution in [2.24, 2.45) is 5.73 Å². The van der Waals surface area contributed by atoms with Gasteiger partial charge in [0.1, 0.15) is 0 Å². The molecule has 1 atom stereocenters. The van der Waals surface area contributed by atoms with Crippen molar-refractivity contribution in [2.45, 2.75) is 25.3 Å². The van der Waals surface area contributed by atoms with E-state index in [0.29, 0.717) is 6.54 Å². The second-order valence-electron chi connectivity index (χ2n) is 4.63. The Morgan fingerprint density at radius 2 is 1.89 bits per heavy atom. The number of hydrogen-bond donors (Lipinski definition) is 2. The minimum atomic E-state index is -0.266. The van der Waals surface area contributed by atoms with Crippen LogP contribution in [0.2, 0.25) is 0 Å². The van der Waals surface area contributed by atoms with Crippen LogP contribution in [-0.2, 0) is 4.79 Å². The zero-order valence-electron chi connectivity index (χ0n) is 10.9. The van der Waals surface area contributed by atoms with E-state index in [1.165, 1.54) is 5.39 Å². The fourth-order valence-corrected chi connectivity index (χ4v) is 2.19. The average Bonchev–Trinajstić information content (AvgIpc) is 2.46. The van der Waals surface area contributed by atoms with E-state index >= 15 is 0 Å². The van der Waals surface area contributed by atoms with Gasteiger partial charge in [-0.2, -0.15) is 0 Å². The van der Waals surface area contributed by atoms with Crippen molar-refractivity contribution >= 4 is 22.7 Å². The molecule has 0 bridgehead atoms. The molecule has 0 saturated heterocycles. The van der Waals surface area contributed by atoms with Crippen LogP contribution >= 0.6 is 0 Å². The van der Waals surface area contributed by atoms with E-state index in [0.717, 1.165) is 30.3 Å². The highest BCUT2D eigenvalue weighted by molar-refractivity contribution is 5.94. The molecule has 2 rings (SSSR count). The topological polar surface area (TPSA) is 55.1 Å². The highest BCUT2D eigenvalue weighted by Gasteiger charge is 2.09. The van der Waals surface area contributed by atoms with Gasteiger partial charge in [-0.15, -0.1) is 0 Å². The van der Waals surface area contributed by atoms with E-state index in [1.807, 2.05) is 24.3 Å². The van der Waals surface area contributed by atoms with Crippen molar-refractivity contribution in [2.75, 3.05) is 11.9 Å². The SMILES string of the molecule is NCCCC[C@@H]([C]=O)Nc1cccc2ccccc12. The van der Waals surface area contributed by atoms with E-state index in [1.54, 1.807) is 0 Å². The van der Waals surface area contributed by atoms with Gasteiger partial charge in [-0.05, 0) is 37.3 Å². The summed E-state index contributed by atoms with van der Waals surface area (Å²) >= 11 is 0. The number of carbonyl (C=O) groups excluding carboxylic acids is 1. The molecule has 2 aromatic carbocycles. The summed E-state index contributed by atoms with van der Waals surface area (Å²) < 4.78 is 0. The maximum atomic E-state index is 11.0. The van der Waals surface area contributed by atoms with Gasteiger partial charge in [0.15, 0.2) is 0 Å². The van der Waals surface area contributed by atoms with Crippen LogP contribution in [0.3, 0.4) is 0 Å². The lowest BCUT2D eigenvalue weighted by Crippen LogP contribution is -2.21. The molecule has 99 valence electrons. The molecule has 0 aliphatic heterocycles. The quantitative estimate of drug-likeness (QED) is 0.748. The Labute approximate surface area is 113 Å². The Kier molecular flexibility index (Phi) is 4.93. The molecule has 2 aromatic rings. The predicted octanol–water partition coefficient (Wildman–Crippen LogP) is 2.86. The lowest BCUT2D eigenvalue weighted by Gasteiger charge is -2.15. The van der Waals surface area contributed by atoms with Crippen LogP contribution in [0.1, 0.15) is 19.3 Å². The third kappa shape index (κ3) is 3.55. The summed E-state index contributed by atoms with van der Waals surface area (Å²) in [6, 6.07) is 13.9. The molecule has 3 nitrogen and oxygen atoms in total. The van der Waals surface area contributed by atoms with E-state index in [9.17, 15) is 4.79 Å². The van der Waals surface area contributed by atoms with Crippen molar-refractivity contribution < 1.29 is 4.79 Å². The fourth-order valence-electron chi connectivity index (χ4n) is 2.19. The Balaban J connectivity index is 2.13. The first-order valence-corrected chi connectivity index (χ1v) is 6.67. The number of rotatable bonds is 7. The Morgan fingerprint density at radius 3 is 2.68 bits per heavy atom. The van der Waals surface area contributed by atoms with Crippen LogP contribution in [0.4, 0.5) is 5.69 Å². The third-order valence-corrected chi connectivity index (χ3v) is 3.21. The maximum Gasteiger partial charge on any atom is 0.222 e. The molecule has 0 saturated carbocycles. The second-order valence-corrected chi connectivity index (χ2v) is 4.63. The maximum absolute atomic E-state index is 11.0. The number of fused-ring (bicyclic) bond motifs is 1. The van der Waals surface area contributed by atoms with Gasteiger partial charge in [0.2, 0.25) is 6.29 Å². The first kappa shape index (κ1) is 13.6. The predicted molar refractivity (Wildman–Crippen MR) is 80.0 cm³/mol. The summed E-state index contributed by atoms with van der Waals surface area (Å²) in [5.41, 5.74) is 6.45. The second kappa shape index (κ2) is 6.90. The summed E-state index contributed by atoms with van der Waals surface area (Å²) in [6.07, 6.45) is 4.72. The largest absolute Gasteiger partial charge is 0.374 e. The van der Waals surface area contributed by atoms with Crippen LogP contribution in [0.25, 0.3) is 10.8 Å². The number of unbranched alkanes of at least 4 members (excludes halogenated alkanes) is 1. The van der Waals surface area contributed by atoms with Crippen molar-refractivity contribution in [1.29, 1.82) is 0 Å². The molecule has 0 heterocycles. The van der Waals surface area contributed by atoms with E-state index in [2.05, 4.69) is 29.8 Å². The molecule has 3 heteroatoms. The van der Waals surface area contributed by atoms with Crippen LogP contribution in [0.15, 0.2) is 42.5 Å². The summed E-state index contributed by atoms with van der Waals surface area (Å²) in [5, 5.41) is 5.56. The molecule has 0 aliphatic carbocycles. The van der Waals surface area contributed by atoms with Crippen molar-refractivity contribution in [3.63, 3.8) is 0 Å². The van der Waals surface area contributed by atoms with Gasteiger partial charge in [0.05, 0.1) is 6.04 Å². The summed E-state index contributed by atoms with van der Waals surface area (Å²) in [4.78, 5) is 11.0. The van der Waals surface area contributed by atoms with Gasteiger partial charge < -0.3 is 11.1 Å². The molecule has 0 aliphatic rings. The zero-order chi connectivity index (χ0) is 13.5. The Hall–Kier alpha value is -1.87. The van der Waals surface area contributed by atoms with E-state index < -0.39 is 0 Å². The smallest absolute Gasteiger partial charge is 0.222 e. The van der Waals surface area contributed by atoms with Gasteiger partial charge in [0, 0.05) is 11.1 Å². The summed E-state index contributed by atoms with van der Waals surface area (Å²) in [5.74, 6) is 0. The van der Waals surface area contributed by atoms with Gasteiger partial charge >= 0.3 is 0 Å². The minimum absolute atomic E-state index is 0.266. The molecule has 1 radical (unpaired) electrons. The first-order chi connectivity index (χ1) is 9.35. The van der Waals surface area contributed by atoms with E-state index in [4.69, 9.17) is 5.73 Å².